The molecule has 2 aromatic heterocycles. The first-order chi connectivity index (χ1) is 17.9. The molecule has 1 amide bonds. The van der Waals surface area contributed by atoms with Gasteiger partial charge in [0.2, 0.25) is 5.78 Å². The molecule has 192 valence electrons. The average molecular weight is 519 g/mol. The van der Waals surface area contributed by atoms with Gasteiger partial charge in [-0.3, -0.25) is 14.0 Å². The number of likely N-dealkylation sites (N-methyl/N-ethyl adjacent to an activating group) is 1. The van der Waals surface area contributed by atoms with Crippen LogP contribution in [0.15, 0.2) is 59.9 Å². The number of amides is 1. The van der Waals surface area contributed by atoms with E-state index in [4.69, 9.17) is 4.74 Å². The monoisotopic (exact) mass is 518 g/mol. The zero-order valence-corrected chi connectivity index (χ0v) is 22.2. The molecule has 1 N–H and O–H groups in total. The molecule has 0 aliphatic carbocycles. The predicted molar refractivity (Wildman–Crippen MR) is 145 cm³/mol. The standard InChI is InChI=1S/C28H30N4O4S/c1-5-30(6-2)15-16-31-23(18-11-13-19(36-4)14-12-18)22(25(34)27(31)35)24(33)26-17(3)32-21-10-8-7-9-20(21)29-28(32)37-26/h7-14,23,34H,5-6,15-16H2,1-4H3. The molecule has 1 atom stereocenters. The van der Waals surface area contributed by atoms with Gasteiger partial charge in [-0.15, -0.1) is 0 Å². The number of thiazole rings is 1. The Morgan fingerprint density at radius 3 is 2.51 bits per heavy atom. The van der Waals surface area contributed by atoms with Crippen molar-refractivity contribution >= 4 is 39.0 Å². The smallest absolute Gasteiger partial charge is 0.290 e. The summed E-state index contributed by atoms with van der Waals surface area (Å²) < 4.78 is 7.27. The number of imidazole rings is 1. The summed E-state index contributed by atoms with van der Waals surface area (Å²) in [6.07, 6.45) is 0. The molecule has 1 aliphatic heterocycles. The van der Waals surface area contributed by atoms with Crippen molar-refractivity contribution in [3.05, 3.63) is 76.0 Å². The van der Waals surface area contributed by atoms with Crippen molar-refractivity contribution in [2.24, 2.45) is 0 Å². The molecule has 1 unspecified atom stereocenters. The molecule has 9 heteroatoms. The van der Waals surface area contributed by atoms with E-state index in [0.717, 1.165) is 35.4 Å². The van der Waals surface area contributed by atoms with Gasteiger partial charge in [0.15, 0.2) is 10.7 Å². The van der Waals surface area contributed by atoms with E-state index in [1.165, 1.54) is 11.3 Å². The second kappa shape index (κ2) is 9.99. The zero-order valence-electron chi connectivity index (χ0n) is 21.4. The Hall–Kier alpha value is -3.69. The summed E-state index contributed by atoms with van der Waals surface area (Å²) in [7, 11) is 1.59. The third kappa shape index (κ3) is 4.18. The van der Waals surface area contributed by atoms with Gasteiger partial charge in [-0.1, -0.05) is 49.4 Å². The number of hydrogen-bond donors (Lipinski definition) is 1. The van der Waals surface area contributed by atoms with Crippen LogP contribution >= 0.6 is 11.3 Å². The first kappa shape index (κ1) is 25.0. The Kier molecular flexibility index (Phi) is 6.74. The SMILES string of the molecule is CCN(CC)CCN1C(=O)C(O)=C(C(=O)c2sc3nc4ccccc4n3c2C)C1c1ccc(OC)cc1. The number of para-hydroxylation sites is 2. The van der Waals surface area contributed by atoms with Crippen molar-refractivity contribution in [1.29, 1.82) is 0 Å². The number of hydrogen-bond acceptors (Lipinski definition) is 7. The lowest BCUT2D eigenvalue weighted by molar-refractivity contribution is -0.129. The Bertz CT molecular complexity index is 1510. The number of ketones is 1. The van der Waals surface area contributed by atoms with E-state index in [1.807, 2.05) is 47.7 Å². The fourth-order valence-corrected chi connectivity index (χ4v) is 6.13. The van der Waals surface area contributed by atoms with E-state index in [9.17, 15) is 14.7 Å². The molecule has 0 saturated heterocycles. The Labute approximate surface area is 219 Å². The van der Waals surface area contributed by atoms with Crippen LogP contribution in [0, 0.1) is 6.92 Å². The van der Waals surface area contributed by atoms with Gasteiger partial charge in [0.25, 0.3) is 5.91 Å². The number of ether oxygens (including phenoxy) is 1. The van der Waals surface area contributed by atoms with Gasteiger partial charge in [-0.05, 0) is 49.8 Å². The molecule has 8 nitrogen and oxygen atoms in total. The minimum Gasteiger partial charge on any atom is -0.503 e. The second-order valence-corrected chi connectivity index (χ2v) is 10.0. The van der Waals surface area contributed by atoms with E-state index in [2.05, 4.69) is 23.7 Å². The van der Waals surface area contributed by atoms with Crippen LogP contribution in [0.4, 0.5) is 0 Å². The fraction of sp³-hybridized carbons (Fsp3) is 0.321. The highest BCUT2D eigenvalue weighted by Gasteiger charge is 2.44. The topological polar surface area (TPSA) is 87.4 Å². The van der Waals surface area contributed by atoms with Crippen molar-refractivity contribution in [2.45, 2.75) is 26.8 Å². The molecule has 4 aromatic rings. The number of aromatic nitrogens is 2. The van der Waals surface area contributed by atoms with Crippen LogP contribution in [0.5, 0.6) is 5.75 Å². The third-order valence-electron chi connectivity index (χ3n) is 7.13. The number of aliphatic hydroxyl groups is 1. The van der Waals surface area contributed by atoms with Gasteiger partial charge in [0.1, 0.15) is 5.75 Å². The number of rotatable bonds is 9. The summed E-state index contributed by atoms with van der Waals surface area (Å²) in [4.78, 5) is 37.1. The van der Waals surface area contributed by atoms with Crippen LogP contribution in [0.2, 0.25) is 0 Å². The van der Waals surface area contributed by atoms with Crippen LogP contribution < -0.4 is 4.74 Å². The van der Waals surface area contributed by atoms with Gasteiger partial charge in [0, 0.05) is 18.8 Å². The summed E-state index contributed by atoms with van der Waals surface area (Å²) in [5, 5.41) is 11.1. The number of aliphatic hydroxyl groups excluding tert-OH is 1. The Morgan fingerprint density at radius 1 is 1.14 bits per heavy atom. The van der Waals surface area contributed by atoms with E-state index in [1.54, 1.807) is 24.1 Å². The minimum atomic E-state index is -0.702. The van der Waals surface area contributed by atoms with Gasteiger partial charge < -0.3 is 19.6 Å². The minimum absolute atomic E-state index is 0.103. The molecule has 1 aliphatic rings. The highest BCUT2D eigenvalue weighted by atomic mass is 32.1. The molecule has 0 spiro atoms. The summed E-state index contributed by atoms with van der Waals surface area (Å²) in [6, 6.07) is 14.4. The zero-order chi connectivity index (χ0) is 26.3. The predicted octanol–water partition coefficient (Wildman–Crippen LogP) is 4.79. The van der Waals surface area contributed by atoms with Crippen LogP contribution in [0.25, 0.3) is 16.0 Å². The van der Waals surface area contributed by atoms with E-state index >= 15 is 0 Å². The van der Waals surface area contributed by atoms with Crippen molar-refractivity contribution in [3.63, 3.8) is 0 Å². The Balaban J connectivity index is 1.58. The van der Waals surface area contributed by atoms with Crippen molar-refractivity contribution in [1.82, 2.24) is 19.2 Å². The molecular formula is C28H30N4O4S. The first-order valence-electron chi connectivity index (χ1n) is 12.4. The number of fused-ring (bicyclic) bond motifs is 3. The van der Waals surface area contributed by atoms with Crippen molar-refractivity contribution in [2.75, 3.05) is 33.3 Å². The molecule has 2 aromatic carbocycles. The van der Waals surface area contributed by atoms with Gasteiger partial charge in [-0.25, -0.2) is 4.98 Å². The summed E-state index contributed by atoms with van der Waals surface area (Å²) in [5.41, 5.74) is 3.35. The molecule has 5 rings (SSSR count). The maximum absolute atomic E-state index is 14.1. The van der Waals surface area contributed by atoms with Crippen LogP contribution in [0.3, 0.4) is 0 Å². The quantitative estimate of drug-likeness (QED) is 0.321. The van der Waals surface area contributed by atoms with Crippen LogP contribution in [0.1, 0.15) is 40.8 Å². The van der Waals surface area contributed by atoms with Crippen LogP contribution in [-0.4, -0.2) is 69.3 Å². The van der Waals surface area contributed by atoms with Gasteiger partial charge >= 0.3 is 0 Å². The van der Waals surface area contributed by atoms with Gasteiger partial charge in [0.05, 0.1) is 34.6 Å². The maximum Gasteiger partial charge on any atom is 0.290 e. The summed E-state index contributed by atoms with van der Waals surface area (Å²) in [6.45, 7) is 8.73. The number of methoxy groups -OCH3 is 1. The lowest BCUT2D eigenvalue weighted by Gasteiger charge is -2.29. The molecule has 3 heterocycles. The normalized spacial score (nSPS) is 16.1. The molecular weight excluding hydrogens is 488 g/mol. The number of benzene rings is 2. The summed E-state index contributed by atoms with van der Waals surface area (Å²) in [5.74, 6) is -0.693. The van der Waals surface area contributed by atoms with E-state index in [-0.39, 0.29) is 11.4 Å². The number of aryl methyl sites for hydroxylation is 1. The highest BCUT2D eigenvalue weighted by molar-refractivity contribution is 7.19. The third-order valence-corrected chi connectivity index (χ3v) is 8.27. The molecule has 0 saturated carbocycles. The number of Topliss-reactive ketones (excluding diaryl/α,β-unsaturated/α-hetero) is 1. The molecule has 0 radical (unpaired) electrons. The highest BCUT2D eigenvalue weighted by Crippen LogP contribution is 2.41. The lowest BCUT2D eigenvalue weighted by Crippen LogP contribution is -2.38. The number of carbonyl (C=O) groups excluding carboxylic acids is 2. The molecule has 0 bridgehead atoms. The first-order valence-corrected chi connectivity index (χ1v) is 13.2. The lowest BCUT2D eigenvalue weighted by atomic mass is 9.95. The maximum atomic E-state index is 14.1. The Morgan fingerprint density at radius 2 is 1.84 bits per heavy atom. The molecule has 0 fully saturated rings. The molecule has 37 heavy (non-hydrogen) atoms. The average Bonchev–Trinajstić information content (AvgIpc) is 3.53. The number of carbonyl (C=O) groups is 2. The van der Waals surface area contributed by atoms with Crippen molar-refractivity contribution in [3.8, 4) is 5.75 Å². The fourth-order valence-electron chi connectivity index (χ4n) is 5.03. The van der Waals surface area contributed by atoms with E-state index in [0.29, 0.717) is 28.7 Å². The number of nitrogens with zero attached hydrogens (tertiary/aromatic N) is 4. The second-order valence-electron chi connectivity index (χ2n) is 9.03. The van der Waals surface area contributed by atoms with Crippen molar-refractivity contribution < 1.29 is 19.4 Å². The largest absolute Gasteiger partial charge is 0.503 e. The van der Waals surface area contributed by atoms with Gasteiger partial charge in [-0.2, -0.15) is 0 Å². The van der Waals surface area contributed by atoms with Crippen LogP contribution in [-0.2, 0) is 4.79 Å². The van der Waals surface area contributed by atoms with E-state index < -0.39 is 17.7 Å². The summed E-state index contributed by atoms with van der Waals surface area (Å²) >= 11 is 1.28.